The third-order valence-electron chi connectivity index (χ3n) is 3.35. The molecule has 1 atom stereocenters. The number of rotatable bonds is 7. The molecule has 0 saturated heterocycles. The molecule has 1 unspecified atom stereocenters. The van der Waals surface area contributed by atoms with Crippen molar-refractivity contribution in [2.24, 2.45) is 5.92 Å². The molecular formula is C16H23NO4. The molecule has 1 rings (SSSR count). The SMILES string of the molecule is CCN(CC(C)C(=O)O)C(=O)COc1cc(C)ccc1C. The minimum atomic E-state index is -0.906. The molecule has 0 saturated carbocycles. The molecule has 1 aromatic rings. The van der Waals surface area contributed by atoms with Gasteiger partial charge in [-0.2, -0.15) is 0 Å². The van der Waals surface area contributed by atoms with E-state index in [0.29, 0.717) is 12.3 Å². The van der Waals surface area contributed by atoms with E-state index in [0.717, 1.165) is 11.1 Å². The Hall–Kier alpha value is -2.04. The number of ether oxygens (including phenoxy) is 1. The first-order valence-electron chi connectivity index (χ1n) is 7.05. The largest absolute Gasteiger partial charge is 0.483 e. The molecule has 5 heteroatoms. The molecule has 21 heavy (non-hydrogen) atoms. The molecule has 0 radical (unpaired) electrons. The minimum absolute atomic E-state index is 0.0789. The number of carbonyl (C=O) groups excluding carboxylic acids is 1. The number of carboxylic acid groups (broad SMARTS) is 1. The second-order valence-corrected chi connectivity index (χ2v) is 5.23. The van der Waals surface area contributed by atoms with Crippen molar-refractivity contribution in [3.8, 4) is 5.75 Å². The predicted octanol–water partition coefficient (Wildman–Crippen LogP) is 2.25. The highest BCUT2D eigenvalue weighted by Crippen LogP contribution is 2.19. The van der Waals surface area contributed by atoms with Crippen LogP contribution in [-0.4, -0.2) is 41.6 Å². The lowest BCUT2D eigenvalue weighted by Crippen LogP contribution is -2.39. The number of benzene rings is 1. The summed E-state index contributed by atoms with van der Waals surface area (Å²) in [5, 5.41) is 8.91. The maximum atomic E-state index is 12.1. The number of carbonyl (C=O) groups is 2. The standard InChI is InChI=1S/C16H23NO4/c1-5-17(9-13(4)16(19)20)15(18)10-21-14-8-11(2)6-7-12(14)3/h6-8,13H,5,9-10H2,1-4H3,(H,19,20). The van der Waals surface area contributed by atoms with Gasteiger partial charge < -0.3 is 14.7 Å². The van der Waals surface area contributed by atoms with Crippen LogP contribution in [0.4, 0.5) is 0 Å². The Balaban J connectivity index is 2.62. The summed E-state index contributed by atoms with van der Waals surface area (Å²) < 4.78 is 5.57. The summed E-state index contributed by atoms with van der Waals surface area (Å²) >= 11 is 0. The van der Waals surface area contributed by atoms with Crippen LogP contribution in [0, 0.1) is 19.8 Å². The zero-order valence-corrected chi connectivity index (χ0v) is 13.0. The van der Waals surface area contributed by atoms with Gasteiger partial charge in [0.2, 0.25) is 0 Å². The molecule has 0 bridgehead atoms. The predicted molar refractivity (Wildman–Crippen MR) is 80.5 cm³/mol. The molecule has 0 aromatic heterocycles. The van der Waals surface area contributed by atoms with Gasteiger partial charge in [0.05, 0.1) is 5.92 Å². The maximum Gasteiger partial charge on any atom is 0.308 e. The molecule has 0 heterocycles. The summed E-state index contributed by atoms with van der Waals surface area (Å²) in [5.41, 5.74) is 2.03. The summed E-state index contributed by atoms with van der Waals surface area (Å²) in [5.74, 6) is -1.01. The van der Waals surface area contributed by atoms with Gasteiger partial charge in [0, 0.05) is 13.1 Å². The number of hydrogen-bond donors (Lipinski definition) is 1. The summed E-state index contributed by atoms with van der Waals surface area (Å²) in [4.78, 5) is 24.5. The van der Waals surface area contributed by atoms with Crippen molar-refractivity contribution in [2.45, 2.75) is 27.7 Å². The van der Waals surface area contributed by atoms with Crippen LogP contribution in [0.3, 0.4) is 0 Å². The summed E-state index contributed by atoms with van der Waals surface area (Å²) in [6.07, 6.45) is 0. The second-order valence-electron chi connectivity index (χ2n) is 5.23. The lowest BCUT2D eigenvalue weighted by atomic mass is 10.1. The Labute approximate surface area is 125 Å². The van der Waals surface area contributed by atoms with Crippen molar-refractivity contribution < 1.29 is 19.4 Å². The zero-order chi connectivity index (χ0) is 16.0. The lowest BCUT2D eigenvalue weighted by molar-refractivity contribution is -0.143. The topological polar surface area (TPSA) is 66.8 Å². The van der Waals surface area contributed by atoms with Gasteiger partial charge in [-0.15, -0.1) is 0 Å². The van der Waals surface area contributed by atoms with E-state index in [1.54, 1.807) is 6.92 Å². The summed E-state index contributed by atoms with van der Waals surface area (Å²) in [6.45, 7) is 7.87. The number of likely N-dealkylation sites (N-methyl/N-ethyl adjacent to an activating group) is 1. The van der Waals surface area contributed by atoms with E-state index in [2.05, 4.69) is 0 Å². The highest BCUT2D eigenvalue weighted by atomic mass is 16.5. The van der Waals surface area contributed by atoms with E-state index < -0.39 is 11.9 Å². The van der Waals surface area contributed by atoms with Crippen LogP contribution in [-0.2, 0) is 9.59 Å². The molecule has 0 spiro atoms. The van der Waals surface area contributed by atoms with Crippen LogP contribution in [0.5, 0.6) is 5.75 Å². The quantitative estimate of drug-likeness (QED) is 0.837. The maximum absolute atomic E-state index is 12.1. The zero-order valence-electron chi connectivity index (χ0n) is 13.0. The van der Waals surface area contributed by atoms with E-state index in [-0.39, 0.29) is 19.1 Å². The fourth-order valence-corrected chi connectivity index (χ4v) is 1.91. The van der Waals surface area contributed by atoms with E-state index in [1.807, 2.05) is 39.0 Å². The minimum Gasteiger partial charge on any atom is -0.483 e. The van der Waals surface area contributed by atoms with Crippen LogP contribution in [0.1, 0.15) is 25.0 Å². The Morgan fingerprint density at radius 3 is 2.57 bits per heavy atom. The Kier molecular flexibility index (Phi) is 6.21. The van der Waals surface area contributed by atoms with Crippen molar-refractivity contribution in [1.82, 2.24) is 4.90 Å². The van der Waals surface area contributed by atoms with Crippen molar-refractivity contribution in [1.29, 1.82) is 0 Å². The molecule has 0 aliphatic carbocycles. The number of aryl methyl sites for hydroxylation is 2. The molecule has 5 nitrogen and oxygen atoms in total. The van der Waals surface area contributed by atoms with E-state index >= 15 is 0 Å². The van der Waals surface area contributed by atoms with Crippen molar-refractivity contribution >= 4 is 11.9 Å². The van der Waals surface area contributed by atoms with Gasteiger partial charge in [-0.1, -0.05) is 19.1 Å². The highest BCUT2D eigenvalue weighted by molar-refractivity contribution is 5.79. The van der Waals surface area contributed by atoms with Gasteiger partial charge in [0.1, 0.15) is 5.75 Å². The average molecular weight is 293 g/mol. The summed E-state index contributed by atoms with van der Waals surface area (Å²) in [7, 11) is 0. The van der Waals surface area contributed by atoms with Gasteiger partial charge in [0.15, 0.2) is 6.61 Å². The van der Waals surface area contributed by atoms with Gasteiger partial charge in [-0.25, -0.2) is 0 Å². The van der Waals surface area contributed by atoms with Crippen molar-refractivity contribution in [2.75, 3.05) is 19.7 Å². The van der Waals surface area contributed by atoms with Gasteiger partial charge in [-0.3, -0.25) is 9.59 Å². The lowest BCUT2D eigenvalue weighted by Gasteiger charge is -2.23. The van der Waals surface area contributed by atoms with Crippen molar-refractivity contribution in [3.05, 3.63) is 29.3 Å². The Bertz CT molecular complexity index is 513. The van der Waals surface area contributed by atoms with E-state index in [9.17, 15) is 9.59 Å². The smallest absolute Gasteiger partial charge is 0.308 e. The number of amides is 1. The number of nitrogens with zero attached hydrogens (tertiary/aromatic N) is 1. The van der Waals surface area contributed by atoms with E-state index in [4.69, 9.17) is 9.84 Å². The van der Waals surface area contributed by atoms with Crippen LogP contribution in [0.25, 0.3) is 0 Å². The van der Waals surface area contributed by atoms with Gasteiger partial charge >= 0.3 is 5.97 Å². The van der Waals surface area contributed by atoms with E-state index in [1.165, 1.54) is 4.90 Å². The first-order chi connectivity index (χ1) is 9.85. The normalized spacial score (nSPS) is 11.8. The molecule has 0 fully saturated rings. The number of hydrogen-bond acceptors (Lipinski definition) is 3. The molecule has 0 aliphatic rings. The average Bonchev–Trinajstić information content (AvgIpc) is 2.44. The van der Waals surface area contributed by atoms with Crippen LogP contribution in [0.2, 0.25) is 0 Å². The van der Waals surface area contributed by atoms with Crippen LogP contribution < -0.4 is 4.74 Å². The molecule has 1 aromatic carbocycles. The fraction of sp³-hybridized carbons (Fsp3) is 0.500. The number of carboxylic acids is 1. The van der Waals surface area contributed by atoms with Crippen LogP contribution >= 0.6 is 0 Å². The van der Waals surface area contributed by atoms with Crippen LogP contribution in [0.15, 0.2) is 18.2 Å². The summed E-state index contributed by atoms with van der Waals surface area (Å²) in [6, 6.07) is 5.81. The molecule has 0 aliphatic heterocycles. The fourth-order valence-electron chi connectivity index (χ4n) is 1.91. The third kappa shape index (κ3) is 5.10. The highest BCUT2D eigenvalue weighted by Gasteiger charge is 2.19. The Morgan fingerprint density at radius 2 is 2.00 bits per heavy atom. The van der Waals surface area contributed by atoms with Crippen molar-refractivity contribution in [3.63, 3.8) is 0 Å². The first-order valence-corrected chi connectivity index (χ1v) is 7.05. The van der Waals surface area contributed by atoms with Gasteiger partial charge in [-0.05, 0) is 38.0 Å². The van der Waals surface area contributed by atoms with Gasteiger partial charge in [0.25, 0.3) is 5.91 Å². The first kappa shape index (κ1) is 17.0. The Morgan fingerprint density at radius 1 is 1.33 bits per heavy atom. The molecule has 116 valence electrons. The number of aliphatic carboxylic acids is 1. The second kappa shape index (κ2) is 7.67. The molecular weight excluding hydrogens is 270 g/mol. The molecule has 1 amide bonds. The monoisotopic (exact) mass is 293 g/mol. The third-order valence-corrected chi connectivity index (χ3v) is 3.35. The molecule has 1 N–H and O–H groups in total.